The number of methoxy groups -OCH3 is 1. The second-order valence-corrected chi connectivity index (χ2v) is 6.97. The van der Waals surface area contributed by atoms with E-state index in [1.54, 1.807) is 11.6 Å². The van der Waals surface area contributed by atoms with E-state index in [-0.39, 0.29) is 18.8 Å². The van der Waals surface area contributed by atoms with Crippen molar-refractivity contribution in [3.8, 4) is 0 Å². The number of Topliss-reactive ketones (excluding diaryl/α,β-unsaturated/α-hetero) is 1. The number of nitrogens with zero attached hydrogens (tertiary/aromatic N) is 5. The highest BCUT2D eigenvalue weighted by Crippen LogP contribution is 2.16. The van der Waals surface area contributed by atoms with E-state index in [1.807, 2.05) is 44.4 Å². The van der Waals surface area contributed by atoms with Crippen LogP contribution in [0.1, 0.15) is 39.0 Å². The lowest BCUT2D eigenvalue weighted by molar-refractivity contribution is -0.141. The summed E-state index contributed by atoms with van der Waals surface area (Å²) in [6.07, 6.45) is -0.123. The fourth-order valence-electron chi connectivity index (χ4n) is 3.30. The van der Waals surface area contributed by atoms with Crippen molar-refractivity contribution in [3.05, 3.63) is 46.3 Å². The quantitative estimate of drug-likeness (QED) is 0.420. The van der Waals surface area contributed by atoms with Gasteiger partial charge in [-0.15, -0.1) is 5.10 Å². The first kappa shape index (κ1) is 20.7. The van der Waals surface area contributed by atoms with Gasteiger partial charge in [0.25, 0.3) is 5.78 Å². The van der Waals surface area contributed by atoms with Crippen LogP contribution < -0.4 is 0 Å². The molecule has 154 valence electrons. The van der Waals surface area contributed by atoms with E-state index in [0.717, 1.165) is 22.8 Å². The van der Waals surface area contributed by atoms with Crippen LogP contribution in [0, 0.1) is 27.7 Å². The third-order valence-corrected chi connectivity index (χ3v) is 4.72. The highest BCUT2D eigenvalue weighted by molar-refractivity contribution is 5.99. The van der Waals surface area contributed by atoms with Gasteiger partial charge in [0.15, 0.2) is 12.4 Å². The molecule has 0 saturated carbocycles. The van der Waals surface area contributed by atoms with E-state index in [2.05, 4.69) is 15.1 Å². The van der Waals surface area contributed by atoms with Crippen LogP contribution in [0.3, 0.4) is 0 Å². The van der Waals surface area contributed by atoms with Crippen molar-refractivity contribution in [1.82, 2.24) is 24.1 Å². The van der Waals surface area contributed by atoms with Gasteiger partial charge < -0.3 is 14.0 Å². The van der Waals surface area contributed by atoms with Crippen LogP contribution in [0.25, 0.3) is 5.78 Å². The lowest BCUT2D eigenvalue weighted by Crippen LogP contribution is -2.17. The molecule has 3 heterocycles. The van der Waals surface area contributed by atoms with Gasteiger partial charge in [-0.3, -0.25) is 9.59 Å². The Bertz CT molecular complexity index is 1070. The van der Waals surface area contributed by atoms with Gasteiger partial charge in [0.1, 0.15) is 6.42 Å². The number of ketones is 1. The predicted octanol–water partition coefficient (Wildman–Crippen LogP) is 1.77. The average molecular weight is 399 g/mol. The molecule has 0 N–H and O–H groups in total. The predicted molar refractivity (Wildman–Crippen MR) is 105 cm³/mol. The summed E-state index contributed by atoms with van der Waals surface area (Å²) >= 11 is 0. The molecular weight excluding hydrogens is 374 g/mol. The lowest BCUT2D eigenvalue weighted by Gasteiger charge is -2.09. The number of hydrogen-bond acceptors (Lipinski definition) is 7. The normalized spacial score (nSPS) is 11.2. The molecule has 0 saturated heterocycles. The molecule has 0 unspecified atom stereocenters. The van der Waals surface area contributed by atoms with Crippen molar-refractivity contribution >= 4 is 17.5 Å². The number of esters is 1. The fraction of sp³-hybridized carbons (Fsp3) is 0.450. The maximum absolute atomic E-state index is 12.5. The molecule has 0 aromatic carbocycles. The van der Waals surface area contributed by atoms with Gasteiger partial charge in [-0.05, 0) is 39.8 Å². The number of fused-ring (bicyclic) bond motifs is 1. The van der Waals surface area contributed by atoms with Gasteiger partial charge in [-0.2, -0.15) is 4.98 Å². The van der Waals surface area contributed by atoms with E-state index in [0.29, 0.717) is 30.3 Å². The standard InChI is InChI=1S/C20H25N5O4/c1-12-8-14(3)25-20(21-12)22-18(23-25)10-19(27)29-11-17(26)16-9-13(2)24(15(16)4)6-7-28-5/h8-9H,6-7,10-11H2,1-5H3. The molecule has 0 aliphatic carbocycles. The van der Waals surface area contributed by atoms with Crippen molar-refractivity contribution in [1.29, 1.82) is 0 Å². The van der Waals surface area contributed by atoms with E-state index in [4.69, 9.17) is 9.47 Å². The maximum Gasteiger partial charge on any atom is 0.314 e. The van der Waals surface area contributed by atoms with Gasteiger partial charge >= 0.3 is 5.97 Å². The lowest BCUT2D eigenvalue weighted by atomic mass is 10.1. The molecule has 9 heteroatoms. The topological polar surface area (TPSA) is 101 Å². The zero-order chi connectivity index (χ0) is 21.1. The Kier molecular flexibility index (Phi) is 6.07. The molecule has 3 aromatic heterocycles. The number of aryl methyl sites for hydroxylation is 3. The molecule has 9 nitrogen and oxygen atoms in total. The Hall–Kier alpha value is -3.07. The molecule has 0 radical (unpaired) electrons. The van der Waals surface area contributed by atoms with E-state index in [1.165, 1.54) is 0 Å². The minimum absolute atomic E-state index is 0.123. The summed E-state index contributed by atoms with van der Waals surface area (Å²) in [5.41, 5.74) is 4.04. The fourth-order valence-corrected chi connectivity index (χ4v) is 3.30. The molecule has 0 aliphatic heterocycles. The van der Waals surface area contributed by atoms with Crippen molar-refractivity contribution in [3.63, 3.8) is 0 Å². The summed E-state index contributed by atoms with van der Waals surface area (Å²) in [7, 11) is 1.64. The average Bonchev–Trinajstić information content (AvgIpc) is 3.18. The largest absolute Gasteiger partial charge is 0.457 e. The summed E-state index contributed by atoms with van der Waals surface area (Å²) in [6.45, 7) is 8.45. The van der Waals surface area contributed by atoms with Crippen molar-refractivity contribution in [2.45, 2.75) is 40.7 Å². The highest BCUT2D eigenvalue weighted by atomic mass is 16.5. The molecule has 0 aliphatic rings. The zero-order valence-corrected chi connectivity index (χ0v) is 17.4. The first-order valence-electron chi connectivity index (χ1n) is 9.34. The molecule has 3 aromatic rings. The Morgan fingerprint density at radius 1 is 1.07 bits per heavy atom. The van der Waals surface area contributed by atoms with Crippen LogP contribution in [0.4, 0.5) is 0 Å². The van der Waals surface area contributed by atoms with Crippen LogP contribution in [0.5, 0.6) is 0 Å². The third kappa shape index (κ3) is 4.51. The van der Waals surface area contributed by atoms with Crippen LogP contribution in [0.15, 0.2) is 12.1 Å². The summed E-state index contributed by atoms with van der Waals surface area (Å²) in [5, 5.41) is 4.28. The molecule has 29 heavy (non-hydrogen) atoms. The Balaban J connectivity index is 1.62. The molecule has 0 spiro atoms. The summed E-state index contributed by atoms with van der Waals surface area (Å²) in [6, 6.07) is 3.69. The van der Waals surface area contributed by atoms with Gasteiger partial charge in [0.2, 0.25) is 5.78 Å². The summed E-state index contributed by atoms with van der Waals surface area (Å²) in [5.74, 6) is -0.0608. The van der Waals surface area contributed by atoms with E-state index < -0.39 is 5.97 Å². The number of ether oxygens (including phenoxy) is 2. The third-order valence-electron chi connectivity index (χ3n) is 4.72. The number of carbonyl (C=O) groups is 2. The molecule has 3 rings (SSSR count). The molecule has 0 atom stereocenters. The van der Waals surface area contributed by atoms with Gasteiger partial charge in [-0.25, -0.2) is 9.50 Å². The summed E-state index contributed by atoms with van der Waals surface area (Å²) < 4.78 is 13.9. The molecule has 0 bridgehead atoms. The Labute approximate surface area is 168 Å². The van der Waals surface area contributed by atoms with E-state index >= 15 is 0 Å². The van der Waals surface area contributed by atoms with Crippen LogP contribution in [-0.4, -0.2) is 56.2 Å². The van der Waals surface area contributed by atoms with Gasteiger partial charge in [0, 0.05) is 42.0 Å². The van der Waals surface area contributed by atoms with E-state index in [9.17, 15) is 9.59 Å². The van der Waals surface area contributed by atoms with Crippen molar-refractivity contribution < 1.29 is 19.1 Å². The van der Waals surface area contributed by atoms with Crippen molar-refractivity contribution in [2.75, 3.05) is 20.3 Å². The van der Waals surface area contributed by atoms with Crippen molar-refractivity contribution in [2.24, 2.45) is 0 Å². The molecule has 0 amide bonds. The van der Waals surface area contributed by atoms with Crippen LogP contribution in [0.2, 0.25) is 0 Å². The minimum atomic E-state index is -0.558. The molecule has 0 fully saturated rings. The maximum atomic E-state index is 12.5. The van der Waals surface area contributed by atoms with Crippen LogP contribution in [-0.2, 0) is 27.2 Å². The van der Waals surface area contributed by atoms with Gasteiger partial charge in [-0.1, -0.05) is 0 Å². The monoisotopic (exact) mass is 399 g/mol. The minimum Gasteiger partial charge on any atom is -0.457 e. The van der Waals surface area contributed by atoms with Gasteiger partial charge in [0.05, 0.1) is 6.61 Å². The second-order valence-electron chi connectivity index (χ2n) is 6.97. The second kappa shape index (κ2) is 8.52. The first-order valence-corrected chi connectivity index (χ1v) is 9.34. The number of carbonyl (C=O) groups excluding carboxylic acids is 2. The summed E-state index contributed by atoms with van der Waals surface area (Å²) in [4.78, 5) is 33.2. The number of aromatic nitrogens is 5. The smallest absolute Gasteiger partial charge is 0.314 e. The Morgan fingerprint density at radius 2 is 1.83 bits per heavy atom. The van der Waals surface area contributed by atoms with Crippen LogP contribution >= 0.6 is 0 Å². The first-order chi connectivity index (χ1) is 13.8. The SMILES string of the molecule is COCCn1c(C)cc(C(=O)COC(=O)Cc2nc3nc(C)cc(C)n3n2)c1C. The Morgan fingerprint density at radius 3 is 2.55 bits per heavy atom. The highest BCUT2D eigenvalue weighted by Gasteiger charge is 2.18. The number of hydrogen-bond donors (Lipinski definition) is 0. The zero-order valence-electron chi connectivity index (χ0n) is 17.4. The number of rotatable bonds is 8. The molecular formula is C20H25N5O4.